The van der Waals surface area contributed by atoms with Crippen molar-refractivity contribution in [2.45, 2.75) is 25.3 Å². The van der Waals surface area contributed by atoms with Gasteiger partial charge < -0.3 is 14.7 Å². The zero-order chi connectivity index (χ0) is 19.7. The van der Waals surface area contributed by atoms with Gasteiger partial charge in [-0.2, -0.15) is 0 Å². The zero-order valence-corrected chi connectivity index (χ0v) is 15.9. The molecular weight excluding hydrogens is 362 g/mol. The minimum atomic E-state index is -0.383. The Morgan fingerprint density at radius 2 is 1.82 bits per heavy atom. The monoisotopic (exact) mass is 388 g/mol. The third-order valence-electron chi connectivity index (χ3n) is 6.09. The molecule has 3 aliphatic heterocycles. The standard InChI is InChI=1S/C19H25N5O4/c25-18-17-3-1-9-22(17)19(26)23(18)10-2-8-20-11-13-21(14-12-20)15-4-6-16(7-5-15)24(27)28/h4-7,17H,1-3,8-14H2/p+1/t17-/m0/s1. The first-order chi connectivity index (χ1) is 13.5. The van der Waals surface area contributed by atoms with E-state index < -0.39 is 0 Å². The van der Waals surface area contributed by atoms with Crippen molar-refractivity contribution < 1.29 is 19.4 Å². The van der Waals surface area contributed by atoms with Crippen LogP contribution in [0.1, 0.15) is 19.3 Å². The topological polar surface area (TPSA) is 91.4 Å². The highest BCUT2D eigenvalue weighted by atomic mass is 16.6. The predicted octanol–water partition coefficient (Wildman–Crippen LogP) is 0.116. The Bertz CT molecular complexity index is 738. The predicted molar refractivity (Wildman–Crippen MR) is 102 cm³/mol. The van der Waals surface area contributed by atoms with Crippen LogP contribution in [-0.4, -0.2) is 78.5 Å². The molecule has 0 spiro atoms. The molecule has 3 saturated heterocycles. The summed E-state index contributed by atoms with van der Waals surface area (Å²) in [6.07, 6.45) is 2.56. The molecule has 28 heavy (non-hydrogen) atoms. The molecule has 0 saturated carbocycles. The Balaban J connectivity index is 1.21. The van der Waals surface area contributed by atoms with E-state index in [1.54, 1.807) is 29.2 Å². The van der Waals surface area contributed by atoms with E-state index >= 15 is 0 Å². The van der Waals surface area contributed by atoms with E-state index in [9.17, 15) is 19.7 Å². The highest BCUT2D eigenvalue weighted by molar-refractivity contribution is 6.04. The van der Waals surface area contributed by atoms with Crippen LogP contribution < -0.4 is 9.80 Å². The molecule has 0 aliphatic carbocycles. The molecule has 3 aliphatic rings. The second-order valence-electron chi connectivity index (χ2n) is 7.74. The number of piperazine rings is 1. The van der Waals surface area contributed by atoms with Gasteiger partial charge in [0.05, 0.1) is 37.6 Å². The SMILES string of the molecule is O=C1[C@@H]2CCCN2C(=O)N1CCC[NH+]1CCN(c2ccc([N+](=O)[O-])cc2)CC1. The van der Waals surface area contributed by atoms with Crippen LogP contribution >= 0.6 is 0 Å². The maximum absolute atomic E-state index is 12.4. The average Bonchev–Trinajstić information content (AvgIpc) is 3.28. The molecule has 0 radical (unpaired) electrons. The molecule has 3 heterocycles. The number of rotatable bonds is 6. The summed E-state index contributed by atoms with van der Waals surface area (Å²) in [5.74, 6) is -0.0134. The summed E-state index contributed by atoms with van der Waals surface area (Å²) in [5.41, 5.74) is 1.12. The average molecular weight is 388 g/mol. The number of amides is 3. The number of quaternary nitrogens is 1. The quantitative estimate of drug-likeness (QED) is 0.425. The van der Waals surface area contributed by atoms with E-state index in [2.05, 4.69) is 4.90 Å². The second-order valence-corrected chi connectivity index (χ2v) is 7.74. The summed E-state index contributed by atoms with van der Waals surface area (Å²) in [6, 6.07) is 6.39. The molecule has 150 valence electrons. The first-order valence-corrected chi connectivity index (χ1v) is 9.99. The van der Waals surface area contributed by atoms with Gasteiger partial charge in [-0.05, 0) is 25.0 Å². The number of anilines is 1. The van der Waals surface area contributed by atoms with E-state index in [0.29, 0.717) is 13.1 Å². The third kappa shape index (κ3) is 3.54. The van der Waals surface area contributed by atoms with E-state index in [1.165, 1.54) is 9.80 Å². The lowest BCUT2D eigenvalue weighted by molar-refractivity contribution is -0.900. The molecule has 1 aromatic carbocycles. The highest BCUT2D eigenvalue weighted by Crippen LogP contribution is 2.27. The number of fused-ring (bicyclic) bond motifs is 1. The smallest absolute Gasteiger partial charge is 0.327 e. The molecular formula is C19H26N5O4+. The van der Waals surface area contributed by atoms with E-state index in [1.807, 2.05) is 0 Å². The Kier molecular flexibility index (Phi) is 5.17. The van der Waals surface area contributed by atoms with Crippen LogP contribution in [-0.2, 0) is 4.79 Å². The van der Waals surface area contributed by atoms with Crippen LogP contribution in [0.25, 0.3) is 0 Å². The number of hydrogen-bond acceptors (Lipinski definition) is 5. The van der Waals surface area contributed by atoms with E-state index in [0.717, 1.165) is 57.7 Å². The van der Waals surface area contributed by atoms with Crippen molar-refractivity contribution in [2.75, 3.05) is 50.7 Å². The Hall–Kier alpha value is -2.68. The van der Waals surface area contributed by atoms with Gasteiger partial charge in [-0.3, -0.25) is 19.8 Å². The van der Waals surface area contributed by atoms with Crippen molar-refractivity contribution in [1.82, 2.24) is 9.80 Å². The lowest BCUT2D eigenvalue weighted by Gasteiger charge is -2.33. The van der Waals surface area contributed by atoms with Gasteiger partial charge in [0.2, 0.25) is 0 Å². The fraction of sp³-hybridized carbons (Fsp3) is 0.579. The Morgan fingerprint density at radius 1 is 1.11 bits per heavy atom. The summed E-state index contributed by atoms with van der Waals surface area (Å²) in [7, 11) is 0. The number of nitro groups is 1. The number of imide groups is 1. The van der Waals surface area contributed by atoms with Crippen molar-refractivity contribution in [3.8, 4) is 0 Å². The largest absolute Gasteiger partial charge is 0.360 e. The first-order valence-electron chi connectivity index (χ1n) is 9.99. The van der Waals surface area contributed by atoms with Crippen LogP contribution in [0, 0.1) is 10.1 Å². The van der Waals surface area contributed by atoms with Gasteiger partial charge in [-0.15, -0.1) is 0 Å². The highest BCUT2D eigenvalue weighted by Gasteiger charge is 2.46. The fourth-order valence-electron chi connectivity index (χ4n) is 4.49. The minimum Gasteiger partial charge on any atom is -0.360 e. The van der Waals surface area contributed by atoms with Crippen molar-refractivity contribution in [3.05, 3.63) is 34.4 Å². The maximum Gasteiger partial charge on any atom is 0.327 e. The number of nitrogens with one attached hydrogen (secondary N) is 1. The number of benzene rings is 1. The summed E-state index contributed by atoms with van der Waals surface area (Å²) in [6.45, 7) is 5.91. The number of hydrogen-bond donors (Lipinski definition) is 1. The number of urea groups is 1. The number of carbonyl (C=O) groups is 2. The van der Waals surface area contributed by atoms with E-state index in [-0.39, 0.29) is 28.6 Å². The molecule has 0 unspecified atom stereocenters. The van der Waals surface area contributed by atoms with Gasteiger partial charge in [-0.1, -0.05) is 0 Å². The van der Waals surface area contributed by atoms with E-state index in [4.69, 9.17) is 0 Å². The molecule has 1 aromatic rings. The molecule has 9 nitrogen and oxygen atoms in total. The molecule has 3 amide bonds. The zero-order valence-electron chi connectivity index (χ0n) is 15.9. The fourth-order valence-corrected chi connectivity index (χ4v) is 4.49. The summed E-state index contributed by atoms with van der Waals surface area (Å²) < 4.78 is 0. The minimum absolute atomic E-state index is 0.0134. The Labute approximate surface area is 163 Å². The van der Waals surface area contributed by atoms with Gasteiger partial charge in [0, 0.05) is 37.3 Å². The Morgan fingerprint density at radius 3 is 2.46 bits per heavy atom. The van der Waals surface area contributed by atoms with Crippen LogP contribution in [0.4, 0.5) is 16.2 Å². The molecule has 3 fully saturated rings. The lowest BCUT2D eigenvalue weighted by Crippen LogP contribution is -3.15. The summed E-state index contributed by atoms with van der Waals surface area (Å²) >= 11 is 0. The van der Waals surface area contributed by atoms with Crippen molar-refractivity contribution >= 4 is 23.3 Å². The van der Waals surface area contributed by atoms with Crippen molar-refractivity contribution in [1.29, 1.82) is 0 Å². The van der Waals surface area contributed by atoms with Gasteiger partial charge >= 0.3 is 6.03 Å². The molecule has 9 heteroatoms. The van der Waals surface area contributed by atoms with Crippen LogP contribution in [0.5, 0.6) is 0 Å². The number of non-ortho nitro benzene ring substituents is 1. The number of carbonyl (C=O) groups excluding carboxylic acids is 2. The third-order valence-corrected chi connectivity index (χ3v) is 6.09. The molecule has 1 N–H and O–H groups in total. The number of nitro benzene ring substituents is 1. The van der Waals surface area contributed by atoms with Crippen LogP contribution in [0.3, 0.4) is 0 Å². The van der Waals surface area contributed by atoms with Gasteiger partial charge in [0.1, 0.15) is 6.04 Å². The van der Waals surface area contributed by atoms with Gasteiger partial charge in [-0.25, -0.2) is 4.79 Å². The second kappa shape index (κ2) is 7.75. The van der Waals surface area contributed by atoms with Crippen LogP contribution in [0.15, 0.2) is 24.3 Å². The van der Waals surface area contributed by atoms with Crippen molar-refractivity contribution in [2.24, 2.45) is 0 Å². The van der Waals surface area contributed by atoms with Gasteiger partial charge in [0.15, 0.2) is 0 Å². The summed E-state index contributed by atoms with van der Waals surface area (Å²) in [4.78, 5) is 41.9. The first kappa shape index (κ1) is 18.7. The molecule has 0 bridgehead atoms. The summed E-state index contributed by atoms with van der Waals surface area (Å²) in [5, 5.41) is 10.8. The lowest BCUT2D eigenvalue weighted by atomic mass is 10.2. The molecule has 4 rings (SSSR count). The normalized spacial score (nSPS) is 22.9. The van der Waals surface area contributed by atoms with Gasteiger partial charge in [0.25, 0.3) is 11.6 Å². The van der Waals surface area contributed by atoms with Crippen LogP contribution in [0.2, 0.25) is 0 Å². The molecule has 1 atom stereocenters. The number of nitrogens with zero attached hydrogens (tertiary/aromatic N) is 4. The maximum atomic E-state index is 12.4. The molecule has 0 aromatic heterocycles. The van der Waals surface area contributed by atoms with Crippen molar-refractivity contribution in [3.63, 3.8) is 0 Å².